The van der Waals surface area contributed by atoms with Crippen LogP contribution >= 0.6 is 0 Å². The molecule has 6 heteroatoms. The Morgan fingerprint density at radius 3 is 2.52 bits per heavy atom. The van der Waals surface area contributed by atoms with Crippen molar-refractivity contribution in [3.8, 4) is 22.3 Å². The molecule has 1 saturated heterocycles. The Bertz CT molecular complexity index is 1830. The molecular weight excluding hydrogens is 526 g/mol. The topological polar surface area (TPSA) is 83.9 Å². The molecule has 6 nitrogen and oxygen atoms in total. The van der Waals surface area contributed by atoms with E-state index in [0.717, 1.165) is 58.7 Å². The Morgan fingerprint density at radius 1 is 0.952 bits per heavy atom. The maximum absolute atomic E-state index is 13.2. The zero-order chi connectivity index (χ0) is 28.8. The number of aliphatic hydroxyl groups is 1. The molecule has 1 aliphatic carbocycles. The highest BCUT2D eigenvalue weighted by Crippen LogP contribution is 2.40. The van der Waals surface area contributed by atoms with E-state index in [9.17, 15) is 14.7 Å². The van der Waals surface area contributed by atoms with E-state index in [1.165, 1.54) is 5.56 Å². The van der Waals surface area contributed by atoms with Crippen molar-refractivity contribution in [2.75, 3.05) is 13.1 Å². The Kier molecular flexibility index (Phi) is 6.74. The highest BCUT2D eigenvalue weighted by Gasteiger charge is 2.43. The molecule has 1 aliphatic heterocycles. The van der Waals surface area contributed by atoms with E-state index in [1.807, 2.05) is 36.1 Å². The van der Waals surface area contributed by atoms with Crippen LogP contribution in [0.1, 0.15) is 49.7 Å². The number of carbonyl (C=O) groups excluding carboxylic acids is 1. The lowest BCUT2D eigenvalue weighted by Crippen LogP contribution is -2.54. The first-order chi connectivity index (χ1) is 20.4. The quantitative estimate of drug-likeness (QED) is 0.228. The summed E-state index contributed by atoms with van der Waals surface area (Å²) in [6, 6.07) is 22.5. The summed E-state index contributed by atoms with van der Waals surface area (Å²) in [6.45, 7) is 3.11. The first-order valence-electron chi connectivity index (χ1n) is 15.0. The average Bonchev–Trinajstić information content (AvgIpc) is 3.43. The van der Waals surface area contributed by atoms with Crippen LogP contribution in [0.15, 0.2) is 86.6 Å². The van der Waals surface area contributed by atoms with Gasteiger partial charge < -0.3 is 18.8 Å². The third kappa shape index (κ3) is 4.74. The number of furan rings is 1. The summed E-state index contributed by atoms with van der Waals surface area (Å²) in [7, 11) is 0. The molecule has 3 heterocycles. The molecule has 0 unspecified atom stereocenters. The monoisotopic (exact) mass is 561 g/mol. The van der Waals surface area contributed by atoms with E-state index in [0.29, 0.717) is 42.7 Å². The van der Waals surface area contributed by atoms with Crippen LogP contribution in [0.5, 0.6) is 0 Å². The second kappa shape index (κ2) is 10.6. The predicted molar refractivity (Wildman–Crippen MR) is 164 cm³/mol. The standard InChI is InChI=1S/C36H35NO5/c1-23-28(14-15-34(38)37-18-17-36(40)16-6-5-9-27(36)21-37)35(39)42-33-20-32-30(19-29(23)33)31(22-41-32)26-12-10-25(11-13-26)24-7-3-2-4-8-24/h2-4,7-8,10-13,19-20,22,27,40H,5-6,9,14-18,21H2,1H3/t27-,36+/m1/s1. The van der Waals surface area contributed by atoms with Gasteiger partial charge in [-0.1, -0.05) is 67.4 Å². The fourth-order valence-corrected chi connectivity index (χ4v) is 7.08. The Morgan fingerprint density at radius 2 is 1.71 bits per heavy atom. The number of hydrogen-bond acceptors (Lipinski definition) is 5. The third-order valence-corrected chi connectivity index (χ3v) is 9.65. The number of hydrogen-bond donors (Lipinski definition) is 1. The summed E-state index contributed by atoms with van der Waals surface area (Å²) in [4.78, 5) is 28.1. The van der Waals surface area contributed by atoms with E-state index < -0.39 is 11.2 Å². The van der Waals surface area contributed by atoms with Gasteiger partial charge in [-0.25, -0.2) is 4.79 Å². The third-order valence-electron chi connectivity index (χ3n) is 9.65. The van der Waals surface area contributed by atoms with Crippen LogP contribution in [0.2, 0.25) is 0 Å². The zero-order valence-electron chi connectivity index (χ0n) is 23.9. The number of fused-ring (bicyclic) bond motifs is 3. The van der Waals surface area contributed by atoms with E-state index in [2.05, 4.69) is 36.4 Å². The summed E-state index contributed by atoms with van der Waals surface area (Å²) in [5.74, 6) is 0.186. The van der Waals surface area contributed by atoms with Crippen molar-refractivity contribution in [1.82, 2.24) is 4.90 Å². The van der Waals surface area contributed by atoms with Crippen molar-refractivity contribution in [2.24, 2.45) is 5.92 Å². The van der Waals surface area contributed by atoms with Gasteiger partial charge in [0.15, 0.2) is 0 Å². The fraction of sp³-hybridized carbons (Fsp3) is 0.333. The number of piperidine rings is 1. The molecule has 5 aromatic rings. The number of carbonyl (C=O) groups is 1. The Labute approximate surface area is 244 Å². The van der Waals surface area contributed by atoms with Crippen molar-refractivity contribution in [3.63, 3.8) is 0 Å². The van der Waals surface area contributed by atoms with Crippen molar-refractivity contribution in [3.05, 3.63) is 94.5 Å². The molecule has 3 aromatic carbocycles. The second-order valence-electron chi connectivity index (χ2n) is 12.1. The van der Waals surface area contributed by atoms with Crippen molar-refractivity contribution >= 4 is 27.8 Å². The van der Waals surface area contributed by atoms with Gasteiger partial charge in [0.05, 0.1) is 11.9 Å². The molecule has 0 bridgehead atoms. The van der Waals surface area contributed by atoms with Gasteiger partial charge in [0.25, 0.3) is 0 Å². The number of benzene rings is 3. The molecule has 0 spiro atoms. The first kappa shape index (κ1) is 26.7. The number of likely N-dealkylation sites (tertiary alicyclic amines) is 1. The fourth-order valence-electron chi connectivity index (χ4n) is 7.08. The summed E-state index contributed by atoms with van der Waals surface area (Å²) < 4.78 is 11.6. The normalized spacial score (nSPS) is 20.6. The van der Waals surface area contributed by atoms with Crippen LogP contribution in [0.3, 0.4) is 0 Å². The zero-order valence-corrected chi connectivity index (χ0v) is 23.9. The molecule has 42 heavy (non-hydrogen) atoms. The van der Waals surface area contributed by atoms with Crippen LogP contribution in [0, 0.1) is 12.8 Å². The van der Waals surface area contributed by atoms with Crippen molar-refractivity contribution < 1.29 is 18.7 Å². The first-order valence-corrected chi connectivity index (χ1v) is 15.0. The lowest BCUT2D eigenvalue weighted by atomic mass is 9.71. The predicted octanol–water partition coefficient (Wildman–Crippen LogP) is 7.27. The van der Waals surface area contributed by atoms with Crippen molar-refractivity contribution in [1.29, 1.82) is 0 Å². The lowest BCUT2D eigenvalue weighted by molar-refractivity contribution is -0.143. The van der Waals surface area contributed by atoms with Gasteiger partial charge in [0, 0.05) is 53.4 Å². The summed E-state index contributed by atoms with van der Waals surface area (Å²) in [5.41, 5.74) is 5.81. The van der Waals surface area contributed by atoms with Crippen LogP contribution in [-0.2, 0) is 11.2 Å². The van der Waals surface area contributed by atoms with Crippen LogP contribution in [0.4, 0.5) is 0 Å². The average molecular weight is 562 g/mol. The van der Waals surface area contributed by atoms with Gasteiger partial charge in [-0.3, -0.25) is 4.79 Å². The van der Waals surface area contributed by atoms with Gasteiger partial charge >= 0.3 is 5.63 Å². The summed E-state index contributed by atoms with van der Waals surface area (Å²) >= 11 is 0. The second-order valence-corrected chi connectivity index (χ2v) is 12.1. The van der Waals surface area contributed by atoms with Gasteiger partial charge in [0.2, 0.25) is 5.91 Å². The van der Waals surface area contributed by atoms with Gasteiger partial charge in [0.1, 0.15) is 11.2 Å². The number of rotatable bonds is 5. The maximum Gasteiger partial charge on any atom is 0.339 e. The molecule has 2 aromatic heterocycles. The molecule has 1 amide bonds. The van der Waals surface area contributed by atoms with Gasteiger partial charge in [-0.15, -0.1) is 0 Å². The minimum Gasteiger partial charge on any atom is -0.464 e. The molecule has 2 atom stereocenters. The smallest absolute Gasteiger partial charge is 0.339 e. The van der Waals surface area contributed by atoms with Crippen LogP contribution < -0.4 is 5.63 Å². The molecule has 2 fully saturated rings. The molecule has 0 radical (unpaired) electrons. The molecule has 2 aliphatic rings. The summed E-state index contributed by atoms with van der Waals surface area (Å²) in [6.07, 6.45) is 6.93. The Hall–Kier alpha value is -4.16. The van der Waals surface area contributed by atoms with E-state index in [1.54, 1.807) is 12.3 Å². The number of nitrogens with zero attached hydrogens (tertiary/aromatic N) is 1. The minimum atomic E-state index is -0.619. The molecule has 214 valence electrons. The van der Waals surface area contributed by atoms with Gasteiger partial charge in [-0.2, -0.15) is 0 Å². The maximum atomic E-state index is 13.2. The van der Waals surface area contributed by atoms with E-state index in [-0.39, 0.29) is 18.2 Å². The van der Waals surface area contributed by atoms with Crippen molar-refractivity contribution in [2.45, 2.75) is 57.5 Å². The largest absolute Gasteiger partial charge is 0.464 e. The molecule has 1 N–H and O–H groups in total. The Balaban J connectivity index is 1.14. The SMILES string of the molecule is Cc1c(CCC(=O)N2CC[C@@]3(O)CCCC[C@@H]3C2)c(=O)oc2cc3occ(-c4ccc(-c5ccccc5)cc4)c3cc12. The highest BCUT2D eigenvalue weighted by atomic mass is 16.4. The van der Waals surface area contributed by atoms with Crippen LogP contribution in [0.25, 0.3) is 44.2 Å². The number of aryl methyl sites for hydroxylation is 1. The van der Waals surface area contributed by atoms with E-state index >= 15 is 0 Å². The van der Waals surface area contributed by atoms with Crippen LogP contribution in [-0.4, -0.2) is 34.6 Å². The molecular formula is C36H35NO5. The number of amides is 1. The molecule has 7 rings (SSSR count). The minimum absolute atomic E-state index is 0.0352. The van der Waals surface area contributed by atoms with E-state index in [4.69, 9.17) is 8.83 Å². The molecule has 1 saturated carbocycles. The lowest BCUT2D eigenvalue weighted by Gasteiger charge is -2.47. The van der Waals surface area contributed by atoms with Gasteiger partial charge in [-0.05, 0) is 60.9 Å². The highest BCUT2D eigenvalue weighted by molar-refractivity contribution is 6.02. The summed E-state index contributed by atoms with van der Waals surface area (Å²) in [5, 5.41) is 12.8.